The molecule has 1 aliphatic rings. The number of ether oxygens (including phenoxy) is 1. The molecule has 1 saturated heterocycles. The molecule has 0 bridgehead atoms. The lowest BCUT2D eigenvalue weighted by molar-refractivity contribution is -0.123. The number of amides is 1. The van der Waals surface area contributed by atoms with Crippen LogP contribution in [0.1, 0.15) is 11.6 Å². The van der Waals surface area contributed by atoms with E-state index in [1.807, 2.05) is 30.3 Å². The number of halogens is 3. The zero-order valence-electron chi connectivity index (χ0n) is 18.2. The average molecular weight is 572 g/mol. The van der Waals surface area contributed by atoms with Gasteiger partial charge in [0.1, 0.15) is 27.7 Å². The van der Waals surface area contributed by atoms with Gasteiger partial charge in [-0.2, -0.15) is 5.11 Å². The molecule has 1 aromatic heterocycles. The highest BCUT2D eigenvalue weighted by atomic mass is 79.9. The van der Waals surface area contributed by atoms with Crippen LogP contribution >= 0.6 is 39.1 Å². The molecule has 0 spiro atoms. The molecule has 1 amide bonds. The molecule has 0 saturated carbocycles. The normalized spacial score (nSPS) is 17.7. The van der Waals surface area contributed by atoms with Crippen LogP contribution < -0.4 is 9.64 Å². The number of pyridine rings is 1. The maximum absolute atomic E-state index is 12.9. The fourth-order valence-corrected chi connectivity index (χ4v) is 4.78. The number of azo groups is 1. The molecule has 1 aliphatic heterocycles. The summed E-state index contributed by atoms with van der Waals surface area (Å²) in [6.07, 6.45) is 0. The number of hydrogen-bond acceptors (Lipinski definition) is 6. The molecule has 2 heterocycles. The summed E-state index contributed by atoms with van der Waals surface area (Å²) in [5, 5.41) is 19.0. The highest BCUT2D eigenvalue weighted by molar-refractivity contribution is 9.10. The Morgan fingerprint density at radius 1 is 1.06 bits per heavy atom. The number of fused-ring (bicyclic) bond motifs is 1. The lowest BCUT2D eigenvalue weighted by Crippen LogP contribution is -2.56. The van der Waals surface area contributed by atoms with Crippen molar-refractivity contribution < 1.29 is 14.6 Å². The van der Waals surface area contributed by atoms with E-state index in [0.29, 0.717) is 33.9 Å². The number of rotatable bonds is 5. The van der Waals surface area contributed by atoms with Gasteiger partial charge in [-0.25, -0.2) is 4.98 Å². The van der Waals surface area contributed by atoms with Crippen LogP contribution in [0.3, 0.4) is 0 Å². The van der Waals surface area contributed by atoms with Crippen LogP contribution in [0.5, 0.6) is 11.5 Å². The van der Waals surface area contributed by atoms with Crippen LogP contribution in [0, 0.1) is 0 Å². The Labute approximate surface area is 219 Å². The van der Waals surface area contributed by atoms with Gasteiger partial charge < -0.3 is 9.84 Å². The summed E-state index contributed by atoms with van der Waals surface area (Å²) in [6, 6.07) is 18.5. The van der Waals surface area contributed by atoms with Crippen LogP contribution in [0.15, 0.2) is 81.4 Å². The van der Waals surface area contributed by atoms with Crippen LogP contribution in [0.25, 0.3) is 10.9 Å². The SMILES string of the molecule is COc1ccc2cc(C3C(Cl)C(=O)N3c3cc(O)ccc3N=Nc3ccc(Br)cc3)c(Cl)nc2c1. The molecular weight excluding hydrogens is 555 g/mol. The summed E-state index contributed by atoms with van der Waals surface area (Å²) in [6.45, 7) is 0. The van der Waals surface area contributed by atoms with E-state index in [1.165, 1.54) is 17.0 Å². The molecule has 2 unspecified atom stereocenters. The number of methoxy groups -OCH3 is 1. The van der Waals surface area contributed by atoms with E-state index in [2.05, 4.69) is 31.1 Å². The van der Waals surface area contributed by atoms with Crippen LogP contribution in [0.2, 0.25) is 5.15 Å². The van der Waals surface area contributed by atoms with Gasteiger partial charge in [-0.1, -0.05) is 27.5 Å². The third-order valence-electron chi connectivity index (χ3n) is 5.67. The van der Waals surface area contributed by atoms with Crippen molar-refractivity contribution >= 4 is 73.0 Å². The zero-order chi connectivity index (χ0) is 24.7. The Bertz CT molecular complexity index is 1480. The molecule has 10 heteroatoms. The molecule has 5 rings (SSSR count). The van der Waals surface area contributed by atoms with Gasteiger partial charge in [-0.3, -0.25) is 9.69 Å². The van der Waals surface area contributed by atoms with Gasteiger partial charge >= 0.3 is 0 Å². The third kappa shape index (κ3) is 4.45. The standard InChI is InChI=1S/C25H17BrCl2N4O3/c1-35-17-8-2-13-10-18(24(28)29-20(13)12-17)23-22(27)25(34)32(23)21-11-16(33)7-9-19(21)31-30-15-5-3-14(26)4-6-15/h2-12,22-23,33H,1H3. The summed E-state index contributed by atoms with van der Waals surface area (Å²) >= 11 is 16.4. The monoisotopic (exact) mass is 570 g/mol. The van der Waals surface area contributed by atoms with Gasteiger partial charge in [-0.05, 0) is 54.6 Å². The van der Waals surface area contributed by atoms with Gasteiger partial charge in [0.05, 0.1) is 30.0 Å². The van der Waals surface area contributed by atoms with E-state index in [9.17, 15) is 9.90 Å². The second-order valence-corrected chi connectivity index (χ2v) is 9.58. The number of aromatic nitrogens is 1. The zero-order valence-corrected chi connectivity index (χ0v) is 21.3. The van der Waals surface area contributed by atoms with Gasteiger partial charge in [0.2, 0.25) is 5.91 Å². The van der Waals surface area contributed by atoms with Crippen LogP contribution in [-0.2, 0) is 4.79 Å². The molecule has 4 aromatic rings. The Kier molecular flexibility index (Phi) is 6.35. The van der Waals surface area contributed by atoms with E-state index in [1.54, 1.807) is 31.4 Å². The summed E-state index contributed by atoms with van der Waals surface area (Å²) in [5.74, 6) is 0.292. The first-order valence-corrected chi connectivity index (χ1v) is 12.1. The maximum Gasteiger partial charge on any atom is 0.248 e. The first kappa shape index (κ1) is 23.5. The lowest BCUT2D eigenvalue weighted by Gasteiger charge is -2.44. The highest BCUT2D eigenvalue weighted by Crippen LogP contribution is 2.48. The molecule has 176 valence electrons. The van der Waals surface area contributed by atoms with E-state index in [-0.39, 0.29) is 16.8 Å². The van der Waals surface area contributed by atoms with Crippen molar-refractivity contribution in [3.05, 3.63) is 81.9 Å². The average Bonchev–Trinajstić information content (AvgIpc) is 2.86. The molecule has 1 N–H and O–H groups in total. The third-order valence-corrected chi connectivity index (χ3v) is 6.93. The fourth-order valence-electron chi connectivity index (χ4n) is 3.90. The maximum atomic E-state index is 12.9. The smallest absolute Gasteiger partial charge is 0.248 e. The Morgan fingerprint density at radius 3 is 2.57 bits per heavy atom. The molecule has 1 fully saturated rings. The Balaban J connectivity index is 1.56. The number of hydrogen-bond donors (Lipinski definition) is 1. The molecular formula is C25H17BrCl2N4O3. The van der Waals surface area contributed by atoms with Crippen LogP contribution in [0.4, 0.5) is 17.1 Å². The Hall–Kier alpha value is -3.20. The summed E-state index contributed by atoms with van der Waals surface area (Å²) in [5.41, 5.74) is 2.63. The largest absolute Gasteiger partial charge is 0.508 e. The van der Waals surface area contributed by atoms with Crippen LogP contribution in [-0.4, -0.2) is 28.5 Å². The van der Waals surface area contributed by atoms with Crippen molar-refractivity contribution in [1.82, 2.24) is 4.98 Å². The number of carbonyl (C=O) groups excluding carboxylic acids is 1. The van der Waals surface area contributed by atoms with Gasteiger partial charge in [0.25, 0.3) is 0 Å². The molecule has 7 nitrogen and oxygen atoms in total. The number of carbonyl (C=O) groups is 1. The van der Waals surface area contributed by atoms with E-state index in [0.717, 1.165) is 9.86 Å². The first-order valence-electron chi connectivity index (χ1n) is 10.5. The second-order valence-electron chi connectivity index (χ2n) is 7.83. The number of nitrogens with zero attached hydrogens (tertiary/aromatic N) is 4. The number of anilines is 1. The number of benzene rings is 3. The van der Waals surface area contributed by atoms with E-state index in [4.69, 9.17) is 27.9 Å². The number of alkyl halides is 1. The minimum absolute atomic E-state index is 0.0259. The Morgan fingerprint density at radius 2 is 1.83 bits per heavy atom. The van der Waals surface area contributed by atoms with Crippen molar-refractivity contribution in [2.75, 3.05) is 12.0 Å². The molecule has 2 atom stereocenters. The minimum atomic E-state index is -0.858. The number of phenols is 1. The van der Waals surface area contributed by atoms with Crippen molar-refractivity contribution in [3.63, 3.8) is 0 Å². The number of phenolic OH excluding ortho intramolecular Hbond substituents is 1. The van der Waals surface area contributed by atoms with Crippen molar-refractivity contribution in [1.29, 1.82) is 0 Å². The van der Waals surface area contributed by atoms with E-state index < -0.39 is 11.4 Å². The predicted molar refractivity (Wildman–Crippen MR) is 140 cm³/mol. The molecule has 3 aromatic carbocycles. The van der Waals surface area contributed by atoms with E-state index >= 15 is 0 Å². The van der Waals surface area contributed by atoms with Crippen molar-refractivity contribution in [2.45, 2.75) is 11.4 Å². The highest BCUT2D eigenvalue weighted by Gasteiger charge is 2.50. The van der Waals surface area contributed by atoms with Gasteiger partial charge in [0, 0.05) is 27.6 Å². The van der Waals surface area contributed by atoms with Crippen molar-refractivity contribution in [3.8, 4) is 11.5 Å². The minimum Gasteiger partial charge on any atom is -0.508 e. The predicted octanol–water partition coefficient (Wildman–Crippen LogP) is 7.48. The summed E-state index contributed by atoms with van der Waals surface area (Å²) in [7, 11) is 1.58. The topological polar surface area (TPSA) is 87.4 Å². The lowest BCUT2D eigenvalue weighted by atomic mass is 9.92. The fraction of sp³-hybridized carbons (Fsp3) is 0.120. The number of aromatic hydroxyl groups is 1. The molecule has 0 radical (unpaired) electrons. The summed E-state index contributed by atoms with van der Waals surface area (Å²) < 4.78 is 6.18. The molecule has 0 aliphatic carbocycles. The first-order chi connectivity index (χ1) is 16.9. The number of β-lactam (4-membered cyclic amide) rings is 1. The quantitative estimate of drug-likeness (QED) is 0.116. The second kappa shape index (κ2) is 9.45. The molecule has 35 heavy (non-hydrogen) atoms. The summed E-state index contributed by atoms with van der Waals surface area (Å²) in [4.78, 5) is 18.9. The van der Waals surface area contributed by atoms with Gasteiger partial charge in [0.15, 0.2) is 0 Å². The van der Waals surface area contributed by atoms with Crippen molar-refractivity contribution in [2.24, 2.45) is 10.2 Å². The van der Waals surface area contributed by atoms with Gasteiger partial charge in [-0.15, -0.1) is 16.7 Å².